The molecule has 2 atom stereocenters. The largest absolute Gasteiger partial charge is 0.366 e. The highest BCUT2D eigenvalue weighted by molar-refractivity contribution is 7.89. The lowest BCUT2D eigenvalue weighted by Gasteiger charge is -2.57. The Hall–Kier alpha value is -2.80. The van der Waals surface area contributed by atoms with Crippen molar-refractivity contribution in [3.05, 3.63) is 70.1 Å². The minimum Gasteiger partial charge on any atom is -0.366 e. The van der Waals surface area contributed by atoms with E-state index < -0.39 is 69.1 Å². The van der Waals surface area contributed by atoms with Crippen molar-refractivity contribution in [1.29, 1.82) is 0 Å². The number of amides is 3. The minimum absolute atomic E-state index is 0.145. The molecule has 2 aromatic rings. The van der Waals surface area contributed by atoms with Crippen LogP contribution in [-0.4, -0.2) is 71.1 Å². The zero-order valence-corrected chi connectivity index (χ0v) is 21.9. The van der Waals surface area contributed by atoms with Crippen LogP contribution in [0.4, 0.5) is 8.78 Å². The smallest absolute Gasteiger partial charge is 0.261 e. The van der Waals surface area contributed by atoms with E-state index in [1.54, 1.807) is 0 Å². The van der Waals surface area contributed by atoms with E-state index in [1.807, 2.05) is 0 Å². The summed E-state index contributed by atoms with van der Waals surface area (Å²) >= 11 is 12.1. The van der Waals surface area contributed by atoms with Gasteiger partial charge in [0.15, 0.2) is 11.6 Å². The van der Waals surface area contributed by atoms with E-state index in [1.165, 1.54) is 23.1 Å². The lowest BCUT2D eigenvalue weighted by molar-refractivity contribution is -0.181. The summed E-state index contributed by atoms with van der Waals surface area (Å²) in [6.45, 7) is -1.16. The topological polar surface area (TPSA) is 121 Å². The van der Waals surface area contributed by atoms with Gasteiger partial charge >= 0.3 is 0 Å². The molecule has 2 aliphatic heterocycles. The zero-order chi connectivity index (χ0) is 27.6. The second kappa shape index (κ2) is 9.44. The van der Waals surface area contributed by atoms with Gasteiger partial charge in [0, 0.05) is 24.0 Å². The number of carbonyl (C=O) groups is 3. The van der Waals surface area contributed by atoms with Crippen molar-refractivity contribution in [3.8, 4) is 0 Å². The van der Waals surface area contributed by atoms with Crippen LogP contribution in [0.5, 0.6) is 0 Å². The van der Waals surface area contributed by atoms with Gasteiger partial charge in [-0.2, -0.15) is 4.31 Å². The maximum atomic E-state index is 14.0. The van der Waals surface area contributed by atoms with Gasteiger partial charge in [0.05, 0.1) is 18.0 Å². The maximum absolute atomic E-state index is 14.0. The Kier molecular flexibility index (Phi) is 6.65. The number of halogens is 4. The van der Waals surface area contributed by atoms with Crippen molar-refractivity contribution in [2.75, 3.05) is 13.1 Å². The van der Waals surface area contributed by atoms with E-state index in [-0.39, 0.29) is 28.1 Å². The van der Waals surface area contributed by atoms with Gasteiger partial charge in [0.2, 0.25) is 27.5 Å². The molecule has 2 saturated heterocycles. The van der Waals surface area contributed by atoms with Crippen LogP contribution in [-0.2, 0) is 30.8 Å². The van der Waals surface area contributed by atoms with Crippen LogP contribution in [0, 0.1) is 18.1 Å². The monoisotopic (exact) mass is 584 g/mol. The third-order valence-corrected chi connectivity index (χ3v) is 9.51. The maximum Gasteiger partial charge on any atom is 0.261 e. The summed E-state index contributed by atoms with van der Waals surface area (Å²) < 4.78 is 56.1. The fourth-order valence-electron chi connectivity index (χ4n) is 4.99. The summed E-state index contributed by atoms with van der Waals surface area (Å²) in [5.74, 6) is -4.98. The number of carbonyl (C=O) groups excluding carboxylic acids is 3. The van der Waals surface area contributed by atoms with E-state index >= 15 is 0 Å². The molecule has 3 amide bonds. The van der Waals surface area contributed by atoms with Crippen LogP contribution in [0.3, 0.4) is 0 Å². The Morgan fingerprint density at radius 2 is 1.82 bits per heavy atom. The SMILES string of the molecule is NC(=O)C12CN(C3CC3)C(=O)C(Cc3ccc(F)c(F)c3)N1C(=O)[C]CN2S(=O)(=O)c1ccc(Cl)cc1Cl. The predicted octanol–water partition coefficient (Wildman–Crippen LogP) is 1.98. The van der Waals surface area contributed by atoms with Crippen LogP contribution in [0.15, 0.2) is 41.3 Å². The molecular weight excluding hydrogens is 565 g/mol. The summed E-state index contributed by atoms with van der Waals surface area (Å²) in [4.78, 5) is 41.9. The van der Waals surface area contributed by atoms with Crippen molar-refractivity contribution in [2.24, 2.45) is 5.73 Å². The van der Waals surface area contributed by atoms with Crippen molar-refractivity contribution >= 4 is 50.9 Å². The van der Waals surface area contributed by atoms with Gasteiger partial charge in [-0.15, -0.1) is 0 Å². The second-order valence-corrected chi connectivity index (χ2v) is 12.0. The molecule has 2 N–H and O–H groups in total. The number of piperazine rings is 1. The predicted molar refractivity (Wildman–Crippen MR) is 131 cm³/mol. The molecule has 2 unspecified atom stereocenters. The Labute approximate surface area is 227 Å². The van der Waals surface area contributed by atoms with E-state index in [0.29, 0.717) is 17.1 Å². The Morgan fingerprint density at radius 3 is 2.42 bits per heavy atom. The van der Waals surface area contributed by atoms with Crippen LogP contribution < -0.4 is 5.73 Å². The molecule has 3 fully saturated rings. The minimum atomic E-state index is -4.62. The quantitative estimate of drug-likeness (QED) is 0.556. The number of rotatable bonds is 6. The Bertz CT molecular complexity index is 1470. The fraction of sp³-hybridized carbons (Fsp3) is 0.333. The third-order valence-electron chi connectivity index (χ3n) is 6.93. The highest BCUT2D eigenvalue weighted by Crippen LogP contribution is 2.43. The summed E-state index contributed by atoms with van der Waals surface area (Å²) in [7, 11) is -4.62. The first-order valence-corrected chi connectivity index (χ1v) is 13.7. The van der Waals surface area contributed by atoms with Gasteiger partial charge in [-0.25, -0.2) is 17.2 Å². The van der Waals surface area contributed by atoms with Gasteiger partial charge in [-0.1, -0.05) is 29.3 Å². The number of nitrogens with two attached hydrogens (primary N) is 1. The first kappa shape index (κ1) is 26.8. The molecular formula is C24H20Cl2F2N4O5S. The molecule has 2 radical (unpaired) electrons. The van der Waals surface area contributed by atoms with Crippen molar-refractivity contribution in [2.45, 2.75) is 41.9 Å². The lowest BCUT2D eigenvalue weighted by Crippen LogP contribution is -2.83. The molecule has 5 rings (SSSR count). The van der Waals surface area contributed by atoms with Crippen molar-refractivity contribution in [1.82, 2.24) is 14.1 Å². The third kappa shape index (κ3) is 4.23. The average molecular weight is 585 g/mol. The summed E-state index contributed by atoms with van der Waals surface area (Å²) in [5.41, 5.74) is 3.66. The van der Waals surface area contributed by atoms with Gasteiger partial charge in [-0.3, -0.25) is 14.4 Å². The normalized spacial score (nSPS) is 24.5. The van der Waals surface area contributed by atoms with Crippen LogP contribution in [0.25, 0.3) is 0 Å². The number of hydrogen-bond donors (Lipinski definition) is 1. The van der Waals surface area contributed by atoms with E-state index in [2.05, 4.69) is 6.42 Å². The molecule has 0 spiro atoms. The van der Waals surface area contributed by atoms with Gasteiger partial charge < -0.3 is 15.5 Å². The second-order valence-electron chi connectivity index (χ2n) is 9.28. The Morgan fingerprint density at radius 1 is 1.11 bits per heavy atom. The van der Waals surface area contributed by atoms with Crippen LogP contribution in [0.2, 0.25) is 10.0 Å². The Balaban J connectivity index is 1.67. The summed E-state index contributed by atoms with van der Waals surface area (Å²) in [6, 6.07) is 4.87. The van der Waals surface area contributed by atoms with Crippen LogP contribution >= 0.6 is 23.2 Å². The number of benzene rings is 2. The number of fused-ring (bicyclic) bond motifs is 1. The number of nitrogens with zero attached hydrogens (tertiary/aromatic N) is 3. The van der Waals surface area contributed by atoms with Crippen molar-refractivity contribution in [3.63, 3.8) is 0 Å². The number of sulfonamides is 1. The molecule has 1 saturated carbocycles. The molecule has 0 aromatic heterocycles. The fourth-order valence-corrected chi connectivity index (χ4v) is 7.34. The zero-order valence-electron chi connectivity index (χ0n) is 19.5. The molecule has 3 aliphatic rings. The van der Waals surface area contributed by atoms with Gasteiger partial charge in [0.1, 0.15) is 10.9 Å². The molecule has 200 valence electrons. The first-order valence-electron chi connectivity index (χ1n) is 11.5. The lowest BCUT2D eigenvalue weighted by atomic mass is 9.90. The highest BCUT2D eigenvalue weighted by Gasteiger charge is 2.65. The van der Waals surface area contributed by atoms with E-state index in [9.17, 15) is 31.6 Å². The molecule has 0 bridgehead atoms. The molecule has 2 heterocycles. The molecule has 1 aliphatic carbocycles. The van der Waals surface area contributed by atoms with E-state index in [0.717, 1.165) is 23.1 Å². The van der Waals surface area contributed by atoms with E-state index in [4.69, 9.17) is 28.9 Å². The number of hydrogen-bond acceptors (Lipinski definition) is 5. The standard InChI is InChI=1S/C24H20Cl2F2N4O5S/c25-14-2-6-20(16(26)11-14)38(36,37)31-8-7-21(33)32-19(10-13-1-5-17(27)18(28)9-13)22(34)30(15-3-4-15)12-24(31,32)23(29)35/h1-2,5-6,9,11,15,19H,3-4,8,10,12H2,(H2,29,35). The highest BCUT2D eigenvalue weighted by atomic mass is 35.5. The van der Waals surface area contributed by atoms with Crippen molar-refractivity contribution < 1.29 is 31.6 Å². The average Bonchev–Trinajstić information content (AvgIpc) is 3.68. The molecule has 38 heavy (non-hydrogen) atoms. The van der Waals surface area contributed by atoms with Gasteiger partial charge in [0.25, 0.3) is 5.91 Å². The summed E-state index contributed by atoms with van der Waals surface area (Å²) in [5, 5.41) is -0.0632. The molecule has 2 aromatic carbocycles. The number of primary amides is 1. The van der Waals surface area contributed by atoms with Gasteiger partial charge in [-0.05, 0) is 48.7 Å². The molecule has 14 heteroatoms. The summed E-state index contributed by atoms with van der Waals surface area (Å²) in [6.07, 6.45) is 3.25. The first-order chi connectivity index (χ1) is 17.9. The van der Waals surface area contributed by atoms with Crippen LogP contribution in [0.1, 0.15) is 18.4 Å². The molecule has 9 nitrogen and oxygen atoms in total.